The molecule has 108 heavy (non-hydrogen) atoms. The van der Waals surface area contributed by atoms with Gasteiger partial charge in [0.25, 0.3) is 70.9 Å². The predicted molar refractivity (Wildman–Crippen MR) is 356 cm³/mol. The number of carbonyl (C=O) groups is 18. The van der Waals surface area contributed by atoms with Crippen molar-refractivity contribution in [3.8, 4) is 0 Å². The van der Waals surface area contributed by atoms with Crippen molar-refractivity contribution >= 4 is 107 Å². The number of hydrogen-bond acceptors (Lipinski definition) is 18. The summed E-state index contributed by atoms with van der Waals surface area (Å²) in [6, 6.07) is 6.38. The molecule has 7 aromatic carbocycles. The van der Waals surface area contributed by atoms with Gasteiger partial charge in [0.05, 0.1) is 66.8 Å². The highest BCUT2D eigenvalue weighted by Crippen LogP contribution is 2.72. The number of amides is 12. The van der Waals surface area contributed by atoms with Crippen molar-refractivity contribution in [2.75, 3.05) is 0 Å². The topological polar surface area (TPSA) is 448 Å². The van der Waals surface area contributed by atoms with Crippen LogP contribution in [0.5, 0.6) is 0 Å². The second-order valence-corrected chi connectivity index (χ2v) is 29.2. The zero-order valence-corrected chi connectivity index (χ0v) is 56.6. The van der Waals surface area contributed by atoms with Crippen LogP contribution in [0.25, 0.3) is 0 Å². The van der Waals surface area contributed by atoms with Gasteiger partial charge in [0, 0.05) is 35.5 Å². The van der Waals surface area contributed by atoms with Crippen LogP contribution in [-0.4, -0.2) is 203 Å². The van der Waals surface area contributed by atoms with E-state index in [9.17, 15) is 117 Å². The first-order chi connectivity index (χ1) is 51.1. The lowest BCUT2D eigenvalue weighted by Gasteiger charge is -2.55. The monoisotopic (exact) mass is 1450 g/mol. The first kappa shape index (κ1) is 65.0. The quantitative estimate of drug-likeness (QED) is 0.0870. The van der Waals surface area contributed by atoms with Crippen molar-refractivity contribution in [2.24, 2.45) is 0 Å². The first-order valence-electron chi connectivity index (χ1n) is 34.1. The van der Waals surface area contributed by atoms with Gasteiger partial charge >= 0.3 is 35.8 Å². The Bertz CT molecular complexity index is 4850. The number of fused-ring (bicyclic) bond motifs is 6. The average Bonchev–Trinajstić information content (AvgIpc) is 0.962. The molecule has 0 aromatic heterocycles. The van der Waals surface area contributed by atoms with Crippen LogP contribution in [0.15, 0.2) is 72.8 Å². The molecule has 0 unspecified atom stereocenters. The van der Waals surface area contributed by atoms with Gasteiger partial charge in [0.1, 0.15) is 36.3 Å². The number of carboxylic acid groups (broad SMARTS) is 6. The van der Waals surface area contributed by atoms with Crippen LogP contribution in [-0.2, 0) is 28.8 Å². The molecule has 15 aliphatic rings. The number of hydrogen-bond donors (Lipinski definition) is 6. The molecule has 0 fully saturated rings. The first-order valence-corrected chi connectivity index (χ1v) is 34.1. The maximum absolute atomic E-state index is 14.9. The van der Waals surface area contributed by atoms with E-state index >= 15 is 0 Å². The molecule has 12 amide bonds. The largest absolute Gasteiger partial charge is 0.480 e. The van der Waals surface area contributed by atoms with E-state index in [1.165, 1.54) is 72.8 Å². The number of rotatable bonds is 12. The van der Waals surface area contributed by atoms with Crippen molar-refractivity contribution in [3.63, 3.8) is 0 Å². The second-order valence-electron chi connectivity index (χ2n) is 29.2. The second kappa shape index (κ2) is 20.6. The van der Waals surface area contributed by atoms with Crippen LogP contribution in [0.1, 0.15) is 301 Å². The van der Waals surface area contributed by atoms with Gasteiger partial charge in [-0.25, -0.2) is 28.8 Å². The van der Waals surface area contributed by atoms with E-state index in [-0.39, 0.29) is 134 Å². The van der Waals surface area contributed by atoms with Crippen LogP contribution in [0, 0.1) is 0 Å². The van der Waals surface area contributed by atoms with Gasteiger partial charge in [-0.15, -0.1) is 0 Å². The van der Waals surface area contributed by atoms with E-state index in [1.54, 1.807) is 0 Å². The molecule has 0 saturated heterocycles. The van der Waals surface area contributed by atoms with E-state index in [1.807, 2.05) is 0 Å². The Kier molecular flexibility index (Phi) is 12.4. The fraction of sp³-hybridized carbons (Fsp3) is 0.231. The minimum atomic E-state index is -1.75. The summed E-state index contributed by atoms with van der Waals surface area (Å²) in [5.41, 5.74) is 1.20. The molecule has 0 saturated carbocycles. The Morgan fingerprint density at radius 3 is 0.361 bits per heavy atom. The summed E-state index contributed by atoms with van der Waals surface area (Å²) in [6.45, 7) is 6.73. The molecule has 30 nitrogen and oxygen atoms in total. The molecule has 7 aromatic rings. The Morgan fingerprint density at radius 2 is 0.287 bits per heavy atom. The van der Waals surface area contributed by atoms with E-state index in [0.29, 0.717) is 62.8 Å². The number of aliphatic carboxylic acids is 6. The molecule has 30 heteroatoms. The van der Waals surface area contributed by atoms with E-state index in [0.717, 1.165) is 41.5 Å². The van der Waals surface area contributed by atoms with E-state index in [4.69, 9.17) is 0 Å². The number of carboxylic acids is 6. The maximum Gasteiger partial charge on any atom is 0.326 e. The van der Waals surface area contributed by atoms with Crippen LogP contribution in [0.4, 0.5) is 0 Å². The van der Waals surface area contributed by atoms with Crippen molar-refractivity contribution in [2.45, 2.75) is 113 Å². The molecule has 0 spiro atoms. The Balaban J connectivity index is 0.989. The average molecular weight is 1450 g/mol. The van der Waals surface area contributed by atoms with Crippen LogP contribution in [0.3, 0.4) is 0 Å². The van der Waals surface area contributed by atoms with Crippen molar-refractivity contribution in [3.05, 3.63) is 240 Å². The van der Waals surface area contributed by atoms with Gasteiger partial charge in [0.2, 0.25) is 0 Å². The van der Waals surface area contributed by atoms with Gasteiger partial charge in [-0.2, -0.15) is 0 Å². The third-order valence-corrected chi connectivity index (χ3v) is 24.4. The number of benzene rings is 7. The smallest absolute Gasteiger partial charge is 0.326 e. The fourth-order valence-electron chi connectivity index (χ4n) is 19.4. The predicted octanol–water partition coefficient (Wildman–Crippen LogP) is 5.06. The molecule has 6 N–H and O–H groups in total. The third-order valence-electron chi connectivity index (χ3n) is 24.4. The molecule has 6 bridgehead atoms. The zero-order valence-electron chi connectivity index (χ0n) is 56.6. The summed E-state index contributed by atoms with van der Waals surface area (Å²) in [4.78, 5) is 259. The summed E-state index contributed by atoms with van der Waals surface area (Å²) in [5.74, 6) is -30.1. The SMILES string of the molecule is C[C@@H](C(=O)O)N1C(=O)c2cc3c(cc2C1=O)C1c2cc4c(cc2C3c2c3c(c5c(c21)C1c2cc6c(cc2C5c2cc5c(cc21)C(=O)N([C@@H](C)C(=O)O)C5=O)C(=O)N([C@@H](C)C(=O)O)C6=O)C1c2cc5c(cc2C3c2cc3c(cc21)C(=O)N([C@@H](C)C(=O)O)C3=O)C(=O)N([C@@H](C)C(=O)O)C5=O)C(=O)N([C@@H](C)C(=O)O)C4=O. The minimum absolute atomic E-state index is 0.230. The van der Waals surface area contributed by atoms with E-state index in [2.05, 4.69) is 0 Å². The van der Waals surface area contributed by atoms with Crippen LogP contribution >= 0.6 is 0 Å². The van der Waals surface area contributed by atoms with Crippen molar-refractivity contribution < 1.29 is 117 Å². The molecule has 534 valence electrons. The third kappa shape index (κ3) is 7.39. The lowest BCUT2D eigenvalue weighted by atomic mass is 9.47. The molecule has 22 rings (SSSR count). The normalized spacial score (nSPS) is 22.5. The molecular weight excluding hydrogens is 1400 g/mol. The van der Waals surface area contributed by atoms with Gasteiger partial charge in [-0.1, -0.05) is 0 Å². The molecule has 6 atom stereocenters. The Hall–Kier alpha value is -13.8. The Morgan fingerprint density at radius 1 is 0.204 bits per heavy atom. The number of nitrogens with zero attached hydrogens (tertiary/aromatic N) is 6. The summed E-state index contributed by atoms with van der Waals surface area (Å²) >= 11 is 0. The standard InChI is InChI=1S/C78H48N6O24/c1-19(73(97)98)79-61(85)37-7-25-26(8-38(37)62(79)86)50-28-10-40-39(63(87)80(64(40)88)20(2)74(99)100)9-27(28)49(25)55-56(50)58-52-31-13-43-47(71(95)83(67(43)91)23(5)77(105)106)17-35(31)54(36-18-48-44(14-32(36)52)68(92)84(72(48)96)24(6)78(107)108)60(58)59-53-33-15-45-41(65(89)81(69(45)93)21(3)75(101)102)11-29(33)51(57(55)59)30-12-42-46(16-34(30)53)70(94)82(66(42)90)22(4)76(103)104/h7-24,49-54H,1-6H3,(H,97,98)(H,99,100)(H,101,102)(H,103,104)(H,105,106)(H,107,108)/t19-,20-,21-,22-,23-,24-,49?,50?,51?,52?,53?,54?/m0/s1. The summed E-state index contributed by atoms with van der Waals surface area (Å²) < 4.78 is 0. The Labute approximate surface area is 603 Å². The molecule has 0 radical (unpaired) electrons. The van der Waals surface area contributed by atoms with E-state index < -0.39 is 178 Å². The van der Waals surface area contributed by atoms with Gasteiger partial charge in [-0.05, 0) is 214 Å². The summed E-state index contributed by atoms with van der Waals surface area (Å²) in [5, 5.41) is 62.3. The highest BCUT2D eigenvalue weighted by Gasteiger charge is 2.61. The minimum Gasteiger partial charge on any atom is -0.480 e. The summed E-state index contributed by atoms with van der Waals surface area (Å²) in [6.07, 6.45) is 0. The van der Waals surface area contributed by atoms with Gasteiger partial charge in [0.15, 0.2) is 0 Å². The summed E-state index contributed by atoms with van der Waals surface area (Å²) in [7, 11) is 0. The molecular formula is C78H48N6O24. The maximum atomic E-state index is 14.9. The van der Waals surface area contributed by atoms with Crippen molar-refractivity contribution in [1.29, 1.82) is 0 Å². The lowest BCUT2D eigenvalue weighted by Crippen LogP contribution is -2.42. The van der Waals surface area contributed by atoms with Crippen LogP contribution in [0.2, 0.25) is 0 Å². The van der Waals surface area contributed by atoms with Gasteiger partial charge < -0.3 is 30.6 Å². The zero-order chi connectivity index (χ0) is 76.6. The fourth-order valence-corrected chi connectivity index (χ4v) is 19.4. The highest BCUT2D eigenvalue weighted by atomic mass is 16.4. The van der Waals surface area contributed by atoms with Gasteiger partial charge in [-0.3, -0.25) is 86.9 Å². The van der Waals surface area contributed by atoms with Crippen molar-refractivity contribution in [1.82, 2.24) is 29.4 Å². The van der Waals surface area contributed by atoms with Crippen LogP contribution < -0.4 is 0 Å². The number of carbonyl (C=O) groups excluding carboxylic acids is 12. The molecule has 6 heterocycles. The lowest BCUT2D eigenvalue weighted by molar-refractivity contribution is -0.141. The number of imide groups is 6. The molecule has 9 aliphatic carbocycles. The highest BCUT2D eigenvalue weighted by molar-refractivity contribution is 6.28. The molecule has 6 aliphatic heterocycles.